The van der Waals surface area contributed by atoms with Gasteiger partial charge in [-0.2, -0.15) is 0 Å². The molecule has 7 nitrogen and oxygen atoms in total. The van der Waals surface area contributed by atoms with Gasteiger partial charge in [0.05, 0.1) is 21.7 Å². The van der Waals surface area contributed by atoms with Gasteiger partial charge >= 0.3 is 4.87 Å². The molecular weight excluding hydrogens is 434 g/mol. The van der Waals surface area contributed by atoms with Crippen LogP contribution in [0.25, 0.3) is 6.08 Å². The molecule has 3 fully saturated rings. The Bertz CT molecular complexity index is 1230. The van der Waals surface area contributed by atoms with Gasteiger partial charge in [-0.25, -0.2) is 0 Å². The van der Waals surface area contributed by atoms with Crippen molar-refractivity contribution in [3.63, 3.8) is 0 Å². The lowest BCUT2D eigenvalue weighted by atomic mass is 9.77. The Morgan fingerprint density at radius 2 is 1.90 bits per heavy atom. The van der Waals surface area contributed by atoms with Crippen molar-refractivity contribution in [1.82, 2.24) is 9.88 Å². The monoisotopic (exact) mass is 453 g/mol. The van der Waals surface area contributed by atoms with Gasteiger partial charge in [-0.15, -0.1) is 0 Å². The van der Waals surface area contributed by atoms with Crippen LogP contribution in [0.4, 0.5) is 5.69 Å². The zero-order valence-corrected chi connectivity index (χ0v) is 18.2. The van der Waals surface area contributed by atoms with E-state index in [1.807, 2.05) is 25.1 Å². The third kappa shape index (κ3) is 2.79. The lowest BCUT2D eigenvalue weighted by molar-refractivity contribution is -0.143. The summed E-state index contributed by atoms with van der Waals surface area (Å²) >= 11 is 2.79. The Balaban J connectivity index is 1.23. The standard InChI is InChI=1S/C22H19N3O4S2/c1-9-2-4-10(5-3-9)23-15(26)8-25-20(27)16-11-6-13(17(16)21(25)28)18-12(11)7-14-19(31-18)24-22(29)30-14/h2-5,7,11,13,16-18H,6,8H2,1H3,(H,23,26)(H,24,29)/t11-,13+,16+,17+,18-/m1/s1. The summed E-state index contributed by atoms with van der Waals surface area (Å²) < 4.78 is 0. The second kappa shape index (κ2) is 6.67. The van der Waals surface area contributed by atoms with E-state index in [2.05, 4.69) is 10.3 Å². The number of likely N-dealkylation sites (tertiary alicyclic amines) is 1. The number of nitrogens with zero attached hydrogens (tertiary/aromatic N) is 1. The summed E-state index contributed by atoms with van der Waals surface area (Å²) in [6, 6.07) is 7.38. The Kier molecular flexibility index (Phi) is 4.10. The lowest BCUT2D eigenvalue weighted by Gasteiger charge is -2.32. The van der Waals surface area contributed by atoms with Crippen LogP contribution < -0.4 is 10.2 Å². The van der Waals surface area contributed by atoms with E-state index < -0.39 is 0 Å². The highest BCUT2D eigenvalue weighted by Crippen LogP contribution is 2.64. The Morgan fingerprint density at radius 1 is 1.16 bits per heavy atom. The van der Waals surface area contributed by atoms with Crippen molar-refractivity contribution >= 4 is 52.6 Å². The van der Waals surface area contributed by atoms with Crippen molar-refractivity contribution in [3.8, 4) is 0 Å². The fourth-order valence-electron chi connectivity index (χ4n) is 5.62. The zero-order chi connectivity index (χ0) is 21.4. The van der Waals surface area contributed by atoms with Crippen molar-refractivity contribution in [2.24, 2.45) is 23.7 Å². The molecule has 2 saturated carbocycles. The number of hydrogen-bond donors (Lipinski definition) is 2. The van der Waals surface area contributed by atoms with E-state index in [0.29, 0.717) is 5.69 Å². The van der Waals surface area contributed by atoms with Gasteiger partial charge in [0.2, 0.25) is 17.7 Å². The minimum absolute atomic E-state index is 0.0134. The number of imide groups is 1. The zero-order valence-electron chi connectivity index (χ0n) is 16.6. The van der Waals surface area contributed by atoms with Crippen LogP contribution in [0, 0.1) is 30.6 Å². The van der Waals surface area contributed by atoms with E-state index in [4.69, 9.17) is 0 Å². The summed E-state index contributed by atoms with van der Waals surface area (Å²) in [4.78, 5) is 55.5. The van der Waals surface area contributed by atoms with Gasteiger partial charge in [0.25, 0.3) is 0 Å². The molecule has 2 aliphatic heterocycles. The Hall–Kier alpha value is -2.65. The number of hydrogen-bond acceptors (Lipinski definition) is 6. The molecule has 5 atom stereocenters. The number of aryl methyl sites for hydroxylation is 1. The molecule has 3 heterocycles. The highest BCUT2D eigenvalue weighted by atomic mass is 32.2. The molecule has 2 bridgehead atoms. The maximum atomic E-state index is 13.2. The number of amides is 3. The average Bonchev–Trinajstić information content (AvgIpc) is 3.45. The van der Waals surface area contributed by atoms with Crippen molar-refractivity contribution in [1.29, 1.82) is 0 Å². The van der Waals surface area contributed by atoms with Crippen molar-refractivity contribution in [2.75, 3.05) is 11.9 Å². The molecule has 31 heavy (non-hydrogen) atoms. The number of nitrogens with one attached hydrogen (secondary N) is 2. The number of benzene rings is 1. The molecule has 3 amide bonds. The van der Waals surface area contributed by atoms with Crippen LogP contribution in [0.1, 0.15) is 16.9 Å². The van der Waals surface area contributed by atoms with Crippen molar-refractivity contribution in [3.05, 3.63) is 49.9 Å². The molecule has 6 rings (SSSR count). The van der Waals surface area contributed by atoms with E-state index in [9.17, 15) is 19.2 Å². The molecule has 1 aromatic carbocycles. The number of aromatic nitrogens is 1. The maximum absolute atomic E-state index is 13.2. The first-order valence-corrected chi connectivity index (χ1v) is 11.9. The number of fused-ring (bicyclic) bond motifs is 9. The number of thiazole rings is 1. The van der Waals surface area contributed by atoms with Crippen molar-refractivity contribution in [2.45, 2.75) is 23.6 Å². The number of thioether (sulfide) groups is 1. The Morgan fingerprint density at radius 3 is 2.68 bits per heavy atom. The molecule has 4 aliphatic rings. The first-order valence-electron chi connectivity index (χ1n) is 10.2. The third-order valence-corrected chi connectivity index (χ3v) is 9.27. The van der Waals surface area contributed by atoms with E-state index in [1.165, 1.54) is 16.9 Å². The van der Waals surface area contributed by atoms with Gasteiger partial charge < -0.3 is 10.3 Å². The lowest BCUT2D eigenvalue weighted by Crippen LogP contribution is -2.39. The number of anilines is 1. The molecule has 0 radical (unpaired) electrons. The number of aromatic amines is 1. The number of carbonyl (C=O) groups excluding carboxylic acids is 3. The van der Waals surface area contributed by atoms with Gasteiger partial charge in [-0.3, -0.25) is 24.1 Å². The van der Waals surface area contributed by atoms with Crippen LogP contribution >= 0.6 is 23.1 Å². The SMILES string of the molecule is Cc1ccc(NC(=O)CN2C(=O)[C@@H]3[C@@H](C2=O)[C@@H]2C[C@@H]3C3=Cc4sc(=O)[nH]c4S[C@H]32)cc1. The summed E-state index contributed by atoms with van der Waals surface area (Å²) in [5.74, 6) is -1.52. The van der Waals surface area contributed by atoms with Gasteiger partial charge in [0, 0.05) is 10.9 Å². The van der Waals surface area contributed by atoms with Gasteiger partial charge in [-0.05, 0) is 43.4 Å². The molecule has 1 saturated heterocycles. The average molecular weight is 454 g/mol. The number of rotatable bonds is 3. The van der Waals surface area contributed by atoms with Crippen LogP contribution in [0.5, 0.6) is 0 Å². The fourth-order valence-corrected chi connectivity index (χ4v) is 8.06. The highest BCUT2D eigenvalue weighted by Gasteiger charge is 2.66. The number of H-pyrrole nitrogens is 1. The molecule has 0 spiro atoms. The maximum Gasteiger partial charge on any atom is 0.305 e. The van der Waals surface area contributed by atoms with Gasteiger partial charge in [-0.1, -0.05) is 46.4 Å². The Labute approximate surface area is 185 Å². The third-order valence-electron chi connectivity index (χ3n) is 6.88. The van der Waals surface area contributed by atoms with E-state index in [0.717, 1.165) is 26.8 Å². The molecule has 158 valence electrons. The summed E-state index contributed by atoms with van der Waals surface area (Å²) in [7, 11) is 0. The quantitative estimate of drug-likeness (QED) is 0.696. The van der Waals surface area contributed by atoms with Crippen LogP contribution in [0.3, 0.4) is 0 Å². The van der Waals surface area contributed by atoms with Crippen LogP contribution in [-0.4, -0.2) is 39.4 Å². The predicted molar refractivity (Wildman–Crippen MR) is 118 cm³/mol. The fraction of sp³-hybridized carbons (Fsp3) is 0.364. The largest absolute Gasteiger partial charge is 0.325 e. The molecule has 2 N–H and O–H groups in total. The molecule has 2 aromatic rings. The van der Waals surface area contributed by atoms with E-state index in [-0.39, 0.29) is 58.1 Å². The number of carbonyl (C=O) groups is 3. The predicted octanol–water partition coefficient (Wildman–Crippen LogP) is 2.49. The van der Waals surface area contributed by atoms with Crippen molar-refractivity contribution < 1.29 is 14.4 Å². The second-order valence-electron chi connectivity index (χ2n) is 8.63. The van der Waals surface area contributed by atoms with Crippen LogP contribution in [-0.2, 0) is 14.4 Å². The second-order valence-corrected chi connectivity index (χ2v) is 10.8. The molecule has 0 unspecified atom stereocenters. The van der Waals surface area contributed by atoms with Crippen LogP contribution in [0.2, 0.25) is 0 Å². The first-order chi connectivity index (χ1) is 14.9. The highest BCUT2D eigenvalue weighted by molar-refractivity contribution is 8.00. The van der Waals surface area contributed by atoms with Crippen LogP contribution in [0.15, 0.2) is 39.7 Å². The topological polar surface area (TPSA) is 99.3 Å². The minimum Gasteiger partial charge on any atom is -0.325 e. The molecular formula is C22H19N3O4S2. The first kappa shape index (κ1) is 19.1. The minimum atomic E-state index is -0.384. The normalized spacial score (nSPS) is 30.2. The summed E-state index contributed by atoms with van der Waals surface area (Å²) in [5.41, 5.74) is 2.90. The molecule has 2 aliphatic carbocycles. The summed E-state index contributed by atoms with van der Waals surface area (Å²) in [6.07, 6.45) is 2.86. The summed E-state index contributed by atoms with van der Waals surface area (Å²) in [5, 5.41) is 3.74. The summed E-state index contributed by atoms with van der Waals surface area (Å²) in [6.45, 7) is 1.71. The molecule has 9 heteroatoms. The van der Waals surface area contributed by atoms with E-state index in [1.54, 1.807) is 23.9 Å². The smallest absolute Gasteiger partial charge is 0.305 e. The molecule has 1 aromatic heterocycles. The van der Waals surface area contributed by atoms with Gasteiger partial charge in [0.1, 0.15) is 6.54 Å². The van der Waals surface area contributed by atoms with Gasteiger partial charge in [0.15, 0.2) is 0 Å². The van der Waals surface area contributed by atoms with E-state index >= 15 is 0 Å².